The summed E-state index contributed by atoms with van der Waals surface area (Å²) in [6.07, 6.45) is 4.67. The number of rotatable bonds is 2. The van der Waals surface area contributed by atoms with Gasteiger partial charge in [-0.25, -0.2) is 4.98 Å². The van der Waals surface area contributed by atoms with Crippen molar-refractivity contribution in [3.63, 3.8) is 0 Å². The van der Waals surface area contributed by atoms with Crippen molar-refractivity contribution in [2.24, 2.45) is 0 Å². The van der Waals surface area contributed by atoms with E-state index in [1.54, 1.807) is 30.6 Å². The Bertz CT molecular complexity index is 701. The molecule has 0 saturated carbocycles. The molecule has 2 aromatic heterocycles. The van der Waals surface area contributed by atoms with Gasteiger partial charge in [-0.05, 0) is 12.1 Å². The Morgan fingerprint density at radius 1 is 1.29 bits per heavy atom. The lowest BCUT2D eigenvalue weighted by Gasteiger charge is -2.02. The van der Waals surface area contributed by atoms with E-state index in [1.165, 1.54) is 6.26 Å². The van der Waals surface area contributed by atoms with Crippen LogP contribution in [0.25, 0.3) is 11.0 Å². The quantitative estimate of drug-likeness (QED) is 0.704. The third-order valence-electron chi connectivity index (χ3n) is 2.43. The van der Waals surface area contributed by atoms with Crippen molar-refractivity contribution in [3.8, 4) is 0 Å². The number of nitrogens with zero attached hydrogens (tertiary/aromatic N) is 1. The first-order chi connectivity index (χ1) is 8.34. The van der Waals surface area contributed by atoms with Crippen molar-refractivity contribution < 1.29 is 4.42 Å². The number of aromatic amines is 1. The highest BCUT2D eigenvalue weighted by molar-refractivity contribution is 5.79. The molecule has 0 aliphatic heterocycles. The lowest BCUT2D eigenvalue weighted by molar-refractivity contribution is 0.605. The molecule has 0 spiro atoms. The molecule has 0 radical (unpaired) electrons. The highest BCUT2D eigenvalue weighted by Gasteiger charge is 2.06. The molecule has 0 aliphatic rings. The van der Waals surface area contributed by atoms with Crippen LogP contribution in [0.2, 0.25) is 0 Å². The molecule has 0 aliphatic carbocycles. The summed E-state index contributed by atoms with van der Waals surface area (Å²) in [5.41, 5.74) is 0.824. The van der Waals surface area contributed by atoms with Gasteiger partial charge in [0.25, 0.3) is 0 Å². The number of imidazole rings is 1. The molecule has 2 N–H and O–H groups in total. The van der Waals surface area contributed by atoms with E-state index in [1.807, 2.05) is 6.07 Å². The molecule has 1 aromatic carbocycles. The predicted molar refractivity (Wildman–Crippen MR) is 64.4 cm³/mol. The van der Waals surface area contributed by atoms with Gasteiger partial charge in [0.2, 0.25) is 11.4 Å². The van der Waals surface area contributed by atoms with Gasteiger partial charge in [-0.15, -0.1) is 0 Å². The Kier molecular flexibility index (Phi) is 2.15. The van der Waals surface area contributed by atoms with E-state index in [0.29, 0.717) is 22.6 Å². The number of hydrogen-bond donors (Lipinski definition) is 2. The van der Waals surface area contributed by atoms with Crippen LogP contribution in [0.1, 0.15) is 0 Å². The van der Waals surface area contributed by atoms with E-state index < -0.39 is 0 Å². The van der Waals surface area contributed by atoms with Crippen molar-refractivity contribution in [2.75, 3.05) is 5.32 Å². The summed E-state index contributed by atoms with van der Waals surface area (Å²) in [7, 11) is 0. The van der Waals surface area contributed by atoms with E-state index in [4.69, 9.17) is 4.42 Å². The van der Waals surface area contributed by atoms with Gasteiger partial charge in [0.15, 0.2) is 0 Å². The third-order valence-corrected chi connectivity index (χ3v) is 2.43. The van der Waals surface area contributed by atoms with E-state index >= 15 is 0 Å². The van der Waals surface area contributed by atoms with Gasteiger partial charge in [0.05, 0.1) is 5.39 Å². The number of H-pyrrole nitrogens is 1. The standard InChI is InChI=1S/C12H9N3O2/c16-11-8-3-1-2-4-10(8)17-7-9(11)15-12-13-5-6-14-12/h1-7H,(H2,13,14,15). The topological polar surface area (TPSA) is 70.9 Å². The lowest BCUT2D eigenvalue weighted by Crippen LogP contribution is -2.08. The summed E-state index contributed by atoms with van der Waals surface area (Å²) in [4.78, 5) is 18.9. The summed E-state index contributed by atoms with van der Waals surface area (Å²) < 4.78 is 5.37. The fraction of sp³-hybridized carbons (Fsp3) is 0. The van der Waals surface area contributed by atoms with Crippen LogP contribution in [0.5, 0.6) is 0 Å². The summed E-state index contributed by atoms with van der Waals surface area (Å²) in [6.45, 7) is 0. The maximum absolute atomic E-state index is 12.1. The number of aromatic nitrogens is 2. The van der Waals surface area contributed by atoms with E-state index in [2.05, 4.69) is 15.3 Å². The summed E-state index contributed by atoms with van der Waals surface area (Å²) in [5.74, 6) is 0.507. The molecule has 0 bridgehead atoms. The largest absolute Gasteiger partial charge is 0.462 e. The summed E-state index contributed by atoms with van der Waals surface area (Å²) >= 11 is 0. The Morgan fingerprint density at radius 3 is 3.00 bits per heavy atom. The molecule has 17 heavy (non-hydrogen) atoms. The minimum absolute atomic E-state index is 0.108. The number of nitrogens with one attached hydrogen (secondary N) is 2. The van der Waals surface area contributed by atoms with Crippen LogP contribution in [-0.2, 0) is 0 Å². The maximum atomic E-state index is 12.1. The predicted octanol–water partition coefficient (Wildman–Crippen LogP) is 2.26. The first kappa shape index (κ1) is 9.65. The van der Waals surface area contributed by atoms with Gasteiger partial charge in [-0.3, -0.25) is 4.79 Å². The van der Waals surface area contributed by atoms with Crippen LogP contribution in [0.3, 0.4) is 0 Å². The molecule has 0 fully saturated rings. The average Bonchev–Trinajstić information content (AvgIpc) is 2.86. The zero-order valence-electron chi connectivity index (χ0n) is 8.81. The summed E-state index contributed by atoms with van der Waals surface area (Å²) in [6, 6.07) is 7.11. The minimum Gasteiger partial charge on any atom is -0.462 e. The number of hydrogen-bond acceptors (Lipinski definition) is 4. The Balaban J connectivity index is 2.12. The first-order valence-electron chi connectivity index (χ1n) is 5.11. The Hall–Kier alpha value is -2.56. The van der Waals surface area contributed by atoms with Crippen LogP contribution in [0.15, 0.2) is 52.1 Å². The number of para-hydroxylation sites is 1. The SMILES string of the molecule is O=c1c(Nc2ncc[nH]2)coc2ccccc12. The smallest absolute Gasteiger partial charge is 0.216 e. The molecule has 0 unspecified atom stereocenters. The second-order valence-corrected chi connectivity index (χ2v) is 3.54. The molecule has 3 aromatic rings. The summed E-state index contributed by atoms with van der Waals surface area (Å²) in [5, 5.41) is 3.42. The van der Waals surface area contributed by atoms with Gasteiger partial charge < -0.3 is 14.7 Å². The average molecular weight is 227 g/mol. The highest BCUT2D eigenvalue weighted by Crippen LogP contribution is 2.14. The fourth-order valence-corrected chi connectivity index (χ4v) is 1.63. The normalized spacial score (nSPS) is 10.6. The van der Waals surface area contributed by atoms with Crippen LogP contribution >= 0.6 is 0 Å². The highest BCUT2D eigenvalue weighted by atomic mass is 16.3. The molecule has 5 heteroatoms. The Labute approximate surface area is 96.1 Å². The fourth-order valence-electron chi connectivity index (χ4n) is 1.63. The number of fused-ring (bicyclic) bond motifs is 1. The van der Waals surface area contributed by atoms with Crippen LogP contribution < -0.4 is 10.7 Å². The van der Waals surface area contributed by atoms with E-state index in [-0.39, 0.29) is 5.43 Å². The van der Waals surface area contributed by atoms with Crippen molar-refractivity contribution in [1.29, 1.82) is 0 Å². The Morgan fingerprint density at radius 2 is 2.18 bits per heavy atom. The lowest BCUT2D eigenvalue weighted by atomic mass is 10.2. The van der Waals surface area contributed by atoms with Crippen molar-refractivity contribution in [2.45, 2.75) is 0 Å². The van der Waals surface area contributed by atoms with Gasteiger partial charge in [0.1, 0.15) is 17.5 Å². The molecule has 0 amide bonds. The first-order valence-corrected chi connectivity index (χ1v) is 5.11. The van der Waals surface area contributed by atoms with Gasteiger partial charge in [-0.2, -0.15) is 0 Å². The molecule has 3 rings (SSSR count). The molecule has 0 atom stereocenters. The second-order valence-electron chi connectivity index (χ2n) is 3.54. The zero-order valence-corrected chi connectivity index (χ0v) is 8.81. The van der Waals surface area contributed by atoms with E-state index in [0.717, 1.165) is 0 Å². The molecule has 5 nitrogen and oxygen atoms in total. The zero-order chi connectivity index (χ0) is 11.7. The van der Waals surface area contributed by atoms with Gasteiger partial charge >= 0.3 is 0 Å². The van der Waals surface area contributed by atoms with Gasteiger partial charge in [0, 0.05) is 12.4 Å². The van der Waals surface area contributed by atoms with Crippen LogP contribution in [-0.4, -0.2) is 9.97 Å². The minimum atomic E-state index is -0.108. The second kappa shape index (κ2) is 3.79. The molecule has 84 valence electrons. The van der Waals surface area contributed by atoms with Crippen molar-refractivity contribution in [3.05, 3.63) is 53.1 Å². The van der Waals surface area contributed by atoms with Crippen LogP contribution in [0, 0.1) is 0 Å². The van der Waals surface area contributed by atoms with Crippen LogP contribution in [0.4, 0.5) is 11.6 Å². The number of benzene rings is 1. The molecular formula is C12H9N3O2. The molecule has 0 saturated heterocycles. The van der Waals surface area contributed by atoms with Gasteiger partial charge in [-0.1, -0.05) is 12.1 Å². The van der Waals surface area contributed by atoms with Crippen molar-refractivity contribution >= 4 is 22.6 Å². The number of anilines is 2. The van der Waals surface area contributed by atoms with Crippen molar-refractivity contribution in [1.82, 2.24) is 9.97 Å². The maximum Gasteiger partial charge on any atom is 0.216 e. The third kappa shape index (κ3) is 1.67. The molecular weight excluding hydrogens is 218 g/mol. The van der Waals surface area contributed by atoms with E-state index in [9.17, 15) is 4.79 Å². The molecule has 2 heterocycles. The monoisotopic (exact) mass is 227 g/mol.